The van der Waals surface area contributed by atoms with Crippen molar-refractivity contribution in [3.05, 3.63) is 0 Å². The van der Waals surface area contributed by atoms with Crippen LogP contribution in [0.15, 0.2) is 0 Å². The van der Waals surface area contributed by atoms with Crippen LogP contribution in [-0.4, -0.2) is 18.6 Å². The van der Waals surface area contributed by atoms with Gasteiger partial charge in [0.05, 0.1) is 7.11 Å². The molecule has 1 aliphatic rings. The highest BCUT2D eigenvalue weighted by Gasteiger charge is 2.41. The van der Waals surface area contributed by atoms with Crippen LogP contribution in [0.2, 0.25) is 0 Å². The number of carbonyl (C=O) groups is 1. The Morgan fingerprint density at radius 1 is 1.46 bits per heavy atom. The number of ether oxygens (including phenoxy) is 1. The summed E-state index contributed by atoms with van der Waals surface area (Å²) in [6.07, 6.45) is 2.53. The number of esters is 1. The minimum Gasteiger partial charge on any atom is -0.468 e. The Hall–Kier alpha value is -0.570. The third kappa shape index (κ3) is 2.02. The minimum absolute atomic E-state index is 0.258. The van der Waals surface area contributed by atoms with Gasteiger partial charge >= 0.3 is 5.97 Å². The van der Waals surface area contributed by atoms with Gasteiger partial charge < -0.3 is 10.5 Å². The Morgan fingerprint density at radius 2 is 2.08 bits per heavy atom. The Balaban J connectivity index is 2.66. The summed E-state index contributed by atoms with van der Waals surface area (Å²) in [5.74, 6) is 0.922. The monoisotopic (exact) mass is 185 g/mol. The second-order valence-electron chi connectivity index (χ2n) is 4.35. The molecule has 1 saturated carbocycles. The lowest BCUT2D eigenvalue weighted by Crippen LogP contribution is -2.52. The van der Waals surface area contributed by atoms with Gasteiger partial charge in [-0.2, -0.15) is 0 Å². The van der Waals surface area contributed by atoms with Crippen LogP contribution in [0.4, 0.5) is 0 Å². The molecular weight excluding hydrogens is 166 g/mol. The van der Waals surface area contributed by atoms with Gasteiger partial charge in [-0.15, -0.1) is 0 Å². The van der Waals surface area contributed by atoms with E-state index >= 15 is 0 Å². The Bertz CT molecular complexity index is 205. The summed E-state index contributed by atoms with van der Waals surface area (Å²) < 4.78 is 4.71. The molecule has 0 spiro atoms. The van der Waals surface area contributed by atoms with E-state index in [0.717, 1.165) is 19.3 Å². The van der Waals surface area contributed by atoms with E-state index in [4.69, 9.17) is 10.5 Å². The fraction of sp³-hybridized carbons (Fsp3) is 0.900. The third-order valence-corrected chi connectivity index (χ3v) is 3.30. The molecule has 76 valence electrons. The molecular formula is C10H19NO2. The molecule has 0 bridgehead atoms. The second kappa shape index (κ2) is 3.66. The topological polar surface area (TPSA) is 52.3 Å². The molecule has 1 rings (SSSR count). The molecule has 0 heterocycles. The predicted molar refractivity (Wildman–Crippen MR) is 51.1 cm³/mol. The van der Waals surface area contributed by atoms with Gasteiger partial charge in [0, 0.05) is 0 Å². The molecule has 1 fully saturated rings. The zero-order chi connectivity index (χ0) is 10.1. The molecule has 0 aliphatic heterocycles. The van der Waals surface area contributed by atoms with E-state index in [9.17, 15) is 4.79 Å². The molecule has 3 unspecified atom stereocenters. The molecule has 0 aromatic carbocycles. The Morgan fingerprint density at radius 3 is 2.54 bits per heavy atom. The summed E-state index contributed by atoms with van der Waals surface area (Å²) in [7, 11) is 1.40. The summed E-state index contributed by atoms with van der Waals surface area (Å²) in [6.45, 7) is 4.36. The molecule has 1 aliphatic carbocycles. The number of carbonyl (C=O) groups excluding carboxylic acids is 1. The fourth-order valence-electron chi connectivity index (χ4n) is 2.04. The van der Waals surface area contributed by atoms with Gasteiger partial charge in [0.1, 0.15) is 5.54 Å². The zero-order valence-corrected chi connectivity index (χ0v) is 8.67. The number of nitrogens with two attached hydrogens (primary N) is 1. The van der Waals surface area contributed by atoms with Crippen molar-refractivity contribution in [2.75, 3.05) is 7.11 Å². The molecule has 0 aromatic rings. The fourth-order valence-corrected chi connectivity index (χ4v) is 2.04. The third-order valence-electron chi connectivity index (χ3n) is 3.30. The van der Waals surface area contributed by atoms with Crippen LogP contribution in [0, 0.1) is 11.8 Å². The van der Waals surface area contributed by atoms with Crippen LogP contribution in [0.1, 0.15) is 33.1 Å². The summed E-state index contributed by atoms with van der Waals surface area (Å²) in [4.78, 5) is 11.4. The van der Waals surface area contributed by atoms with Crippen molar-refractivity contribution in [2.24, 2.45) is 17.6 Å². The van der Waals surface area contributed by atoms with E-state index in [1.165, 1.54) is 7.11 Å². The van der Waals surface area contributed by atoms with Gasteiger partial charge in [0.25, 0.3) is 0 Å². The molecule has 0 radical (unpaired) electrons. The van der Waals surface area contributed by atoms with Gasteiger partial charge in [0.15, 0.2) is 0 Å². The van der Waals surface area contributed by atoms with E-state index in [1.54, 1.807) is 0 Å². The van der Waals surface area contributed by atoms with Gasteiger partial charge in [0.2, 0.25) is 0 Å². The van der Waals surface area contributed by atoms with Crippen LogP contribution < -0.4 is 5.73 Å². The average Bonchev–Trinajstić information content (AvgIpc) is 2.11. The molecule has 2 N–H and O–H groups in total. The van der Waals surface area contributed by atoms with Crippen molar-refractivity contribution >= 4 is 5.97 Å². The van der Waals surface area contributed by atoms with Crippen LogP contribution in [0.5, 0.6) is 0 Å². The van der Waals surface area contributed by atoms with Crippen molar-refractivity contribution < 1.29 is 9.53 Å². The van der Waals surface area contributed by atoms with E-state index in [-0.39, 0.29) is 5.97 Å². The summed E-state index contributed by atoms with van der Waals surface area (Å²) >= 11 is 0. The molecule has 3 nitrogen and oxygen atoms in total. The quantitative estimate of drug-likeness (QED) is 0.627. The average molecular weight is 185 g/mol. The van der Waals surface area contributed by atoms with E-state index < -0.39 is 5.54 Å². The first-order valence-corrected chi connectivity index (χ1v) is 4.87. The molecule has 3 heteroatoms. The van der Waals surface area contributed by atoms with Crippen LogP contribution in [-0.2, 0) is 9.53 Å². The normalized spacial score (nSPS) is 40.0. The first kappa shape index (κ1) is 10.5. The Kier molecular flexibility index (Phi) is 2.96. The number of rotatable bonds is 1. The lowest BCUT2D eigenvalue weighted by molar-refractivity contribution is -0.149. The van der Waals surface area contributed by atoms with Crippen LogP contribution >= 0.6 is 0 Å². The zero-order valence-electron chi connectivity index (χ0n) is 8.67. The maximum atomic E-state index is 11.4. The highest BCUT2D eigenvalue weighted by Crippen LogP contribution is 2.35. The number of methoxy groups -OCH3 is 1. The van der Waals surface area contributed by atoms with Crippen molar-refractivity contribution in [3.8, 4) is 0 Å². The van der Waals surface area contributed by atoms with E-state index in [0.29, 0.717) is 11.8 Å². The van der Waals surface area contributed by atoms with Crippen LogP contribution in [0.25, 0.3) is 0 Å². The van der Waals surface area contributed by atoms with E-state index in [2.05, 4.69) is 13.8 Å². The lowest BCUT2D eigenvalue weighted by atomic mass is 9.72. The Labute approximate surface area is 79.6 Å². The maximum Gasteiger partial charge on any atom is 0.325 e. The molecule has 13 heavy (non-hydrogen) atoms. The van der Waals surface area contributed by atoms with Gasteiger partial charge in [-0.3, -0.25) is 4.79 Å². The molecule has 3 atom stereocenters. The second-order valence-corrected chi connectivity index (χ2v) is 4.35. The summed E-state index contributed by atoms with van der Waals surface area (Å²) in [6, 6.07) is 0. The highest BCUT2D eigenvalue weighted by atomic mass is 16.5. The number of hydrogen-bond acceptors (Lipinski definition) is 3. The van der Waals surface area contributed by atoms with Crippen molar-refractivity contribution in [3.63, 3.8) is 0 Å². The van der Waals surface area contributed by atoms with Gasteiger partial charge in [-0.05, 0) is 31.1 Å². The van der Waals surface area contributed by atoms with E-state index in [1.807, 2.05) is 0 Å². The molecule has 0 aromatic heterocycles. The predicted octanol–water partition coefficient (Wildman–Crippen LogP) is 1.31. The van der Waals surface area contributed by atoms with Crippen molar-refractivity contribution in [1.29, 1.82) is 0 Å². The standard InChI is InChI=1S/C10H19NO2/c1-7-4-5-10(11,6-8(7)2)9(12)13-3/h7-8H,4-6,11H2,1-3H3. The minimum atomic E-state index is -0.722. The largest absolute Gasteiger partial charge is 0.468 e. The van der Waals surface area contributed by atoms with Crippen molar-refractivity contribution in [2.45, 2.75) is 38.6 Å². The first-order valence-electron chi connectivity index (χ1n) is 4.87. The van der Waals surface area contributed by atoms with Crippen LogP contribution in [0.3, 0.4) is 0 Å². The maximum absolute atomic E-state index is 11.4. The first-order chi connectivity index (χ1) is 5.99. The number of hydrogen-bond donors (Lipinski definition) is 1. The molecule has 0 saturated heterocycles. The SMILES string of the molecule is COC(=O)C1(N)CCC(C)C(C)C1. The molecule has 0 amide bonds. The van der Waals surface area contributed by atoms with Crippen molar-refractivity contribution in [1.82, 2.24) is 0 Å². The van der Waals surface area contributed by atoms with Gasteiger partial charge in [-0.1, -0.05) is 13.8 Å². The highest BCUT2D eigenvalue weighted by molar-refractivity contribution is 5.80. The summed E-state index contributed by atoms with van der Waals surface area (Å²) in [5.41, 5.74) is 5.27. The smallest absolute Gasteiger partial charge is 0.325 e. The summed E-state index contributed by atoms with van der Waals surface area (Å²) in [5, 5.41) is 0. The lowest BCUT2D eigenvalue weighted by Gasteiger charge is -2.37. The van der Waals surface area contributed by atoms with Gasteiger partial charge in [-0.25, -0.2) is 0 Å².